The smallest absolute Gasteiger partial charge is 0.304 e. The first-order chi connectivity index (χ1) is 14.1. The Morgan fingerprint density at radius 1 is 1.23 bits per heavy atom. The van der Waals surface area contributed by atoms with Gasteiger partial charge in [0.25, 0.3) is 5.91 Å². The zero-order valence-corrected chi connectivity index (χ0v) is 17.6. The van der Waals surface area contributed by atoms with E-state index in [1.54, 1.807) is 18.6 Å². The Kier molecular flexibility index (Phi) is 6.44. The second-order valence-electron chi connectivity index (χ2n) is 6.68. The topological polar surface area (TPSA) is 97.8 Å². The number of hydrogen-bond acceptors (Lipinski definition) is 6. The van der Waals surface area contributed by atoms with Crippen LogP contribution < -0.4 is 14.2 Å². The quantitative estimate of drug-likeness (QED) is 0.679. The lowest BCUT2D eigenvalue weighted by Crippen LogP contribution is -2.49. The van der Waals surface area contributed by atoms with Crippen LogP contribution in [0, 0.1) is 11.6 Å². The highest BCUT2D eigenvalue weighted by Gasteiger charge is 2.30. The van der Waals surface area contributed by atoms with Crippen molar-refractivity contribution < 1.29 is 31.5 Å². The molecule has 0 bridgehead atoms. The molecule has 0 unspecified atom stereocenters. The number of aromatic nitrogens is 1. The fraction of sp³-hybridized carbons (Fsp3) is 0.333. The van der Waals surface area contributed by atoms with Gasteiger partial charge in [-0.2, -0.15) is 12.7 Å². The van der Waals surface area contributed by atoms with Crippen molar-refractivity contribution in [1.82, 2.24) is 14.0 Å². The molecule has 1 saturated heterocycles. The summed E-state index contributed by atoms with van der Waals surface area (Å²) in [5, 5.41) is 0.106. The Balaban J connectivity index is 1.77. The second kappa shape index (κ2) is 8.70. The molecule has 0 spiro atoms. The third-order valence-electron chi connectivity index (χ3n) is 4.00. The van der Waals surface area contributed by atoms with E-state index < -0.39 is 39.1 Å². The first-order valence-corrected chi connectivity index (χ1v) is 10.7. The van der Waals surface area contributed by atoms with Crippen LogP contribution in [0.3, 0.4) is 0 Å². The van der Waals surface area contributed by atoms with Crippen molar-refractivity contribution in [3.63, 3.8) is 0 Å². The minimum absolute atomic E-state index is 0.00645. The number of pyridine rings is 1. The van der Waals surface area contributed by atoms with Crippen molar-refractivity contribution in [3.05, 3.63) is 46.6 Å². The minimum atomic E-state index is -4.10. The van der Waals surface area contributed by atoms with E-state index >= 15 is 0 Å². The molecule has 162 valence electrons. The summed E-state index contributed by atoms with van der Waals surface area (Å²) in [6, 6.07) is 2.49. The molecular weight excluding hydrogens is 444 g/mol. The molecule has 0 radical (unpaired) electrons. The van der Waals surface area contributed by atoms with Gasteiger partial charge in [-0.05, 0) is 26.3 Å². The number of rotatable bonds is 7. The summed E-state index contributed by atoms with van der Waals surface area (Å²) in [6.45, 7) is 4.08. The summed E-state index contributed by atoms with van der Waals surface area (Å²) in [5.74, 6) is -3.91. The Bertz CT molecular complexity index is 1080. The van der Waals surface area contributed by atoms with E-state index in [0.717, 1.165) is 4.31 Å². The van der Waals surface area contributed by atoms with Crippen LogP contribution in [0.1, 0.15) is 30.6 Å². The van der Waals surface area contributed by atoms with E-state index in [-0.39, 0.29) is 35.8 Å². The number of hydrogen-bond donors (Lipinski definition) is 1. The largest absolute Gasteiger partial charge is 0.474 e. The van der Waals surface area contributed by atoms with Gasteiger partial charge in [0.05, 0.1) is 17.9 Å². The fourth-order valence-corrected chi connectivity index (χ4v) is 3.86. The first kappa shape index (κ1) is 22.2. The fourth-order valence-electron chi connectivity index (χ4n) is 2.45. The number of ether oxygens (including phenoxy) is 2. The van der Waals surface area contributed by atoms with E-state index in [2.05, 4.69) is 4.98 Å². The number of halogens is 3. The van der Waals surface area contributed by atoms with Crippen molar-refractivity contribution in [3.8, 4) is 17.4 Å². The van der Waals surface area contributed by atoms with Crippen LogP contribution in [0.25, 0.3) is 0 Å². The van der Waals surface area contributed by atoms with Crippen LogP contribution >= 0.6 is 11.6 Å². The Labute approximate surface area is 176 Å². The number of carbonyl (C=O) groups is 1. The van der Waals surface area contributed by atoms with E-state index in [9.17, 15) is 22.0 Å². The molecular formula is C18H18ClF2N3O5S. The van der Waals surface area contributed by atoms with E-state index in [1.165, 1.54) is 12.3 Å². The Morgan fingerprint density at radius 2 is 1.93 bits per heavy atom. The van der Waals surface area contributed by atoms with Gasteiger partial charge in [-0.1, -0.05) is 11.6 Å². The van der Waals surface area contributed by atoms with Crippen molar-refractivity contribution in [2.24, 2.45) is 0 Å². The predicted octanol–water partition coefficient (Wildman–Crippen LogP) is 3.27. The summed E-state index contributed by atoms with van der Waals surface area (Å²) in [5.41, 5.74) is -0.777. The molecule has 12 heteroatoms. The van der Waals surface area contributed by atoms with Gasteiger partial charge in [-0.25, -0.2) is 18.5 Å². The SMILES string of the molecule is CC(C)Oc1ncc(Oc2cc(F)c(C(=O)NS(=O)(=O)N3CCC3)cc2F)cc1Cl. The molecule has 1 N–H and O–H groups in total. The monoisotopic (exact) mass is 461 g/mol. The summed E-state index contributed by atoms with van der Waals surface area (Å²) in [4.78, 5) is 16.1. The molecule has 1 aliphatic heterocycles. The molecule has 0 saturated carbocycles. The van der Waals surface area contributed by atoms with Gasteiger partial charge in [-0.15, -0.1) is 0 Å². The highest BCUT2D eigenvalue weighted by molar-refractivity contribution is 7.87. The summed E-state index contributed by atoms with van der Waals surface area (Å²) < 4.78 is 66.0. The van der Waals surface area contributed by atoms with E-state index in [1.807, 2.05) is 0 Å². The lowest BCUT2D eigenvalue weighted by atomic mass is 10.2. The molecule has 0 atom stereocenters. The van der Waals surface area contributed by atoms with Gasteiger partial charge in [0.15, 0.2) is 11.6 Å². The lowest BCUT2D eigenvalue weighted by molar-refractivity contribution is 0.0973. The van der Waals surface area contributed by atoms with Crippen molar-refractivity contribution in [2.75, 3.05) is 13.1 Å². The maximum absolute atomic E-state index is 14.4. The molecule has 1 aromatic heterocycles. The van der Waals surface area contributed by atoms with Gasteiger partial charge in [0.1, 0.15) is 16.6 Å². The maximum atomic E-state index is 14.4. The molecule has 30 heavy (non-hydrogen) atoms. The maximum Gasteiger partial charge on any atom is 0.304 e. The van der Waals surface area contributed by atoms with Gasteiger partial charge < -0.3 is 9.47 Å². The average molecular weight is 462 g/mol. The number of carbonyl (C=O) groups excluding carboxylic acids is 1. The van der Waals surface area contributed by atoms with Crippen molar-refractivity contribution >= 4 is 27.7 Å². The van der Waals surface area contributed by atoms with Crippen molar-refractivity contribution in [1.29, 1.82) is 0 Å². The highest BCUT2D eigenvalue weighted by Crippen LogP contribution is 2.31. The highest BCUT2D eigenvalue weighted by atomic mass is 35.5. The summed E-state index contributed by atoms with van der Waals surface area (Å²) >= 11 is 6.03. The van der Waals surface area contributed by atoms with Crippen LogP contribution in [0.4, 0.5) is 8.78 Å². The van der Waals surface area contributed by atoms with Gasteiger partial charge in [-0.3, -0.25) is 4.79 Å². The second-order valence-corrected chi connectivity index (χ2v) is 8.76. The van der Waals surface area contributed by atoms with Crippen LogP contribution in [0.2, 0.25) is 5.02 Å². The Morgan fingerprint density at radius 3 is 2.50 bits per heavy atom. The molecule has 2 aromatic rings. The average Bonchev–Trinajstić information content (AvgIpc) is 2.57. The minimum Gasteiger partial charge on any atom is -0.474 e. The molecule has 0 aliphatic carbocycles. The molecule has 1 aliphatic rings. The summed E-state index contributed by atoms with van der Waals surface area (Å²) in [6.07, 6.45) is 1.70. The third-order valence-corrected chi connectivity index (χ3v) is 5.76. The van der Waals surface area contributed by atoms with Gasteiger partial charge >= 0.3 is 10.2 Å². The van der Waals surface area contributed by atoms with Crippen LogP contribution in [-0.2, 0) is 10.2 Å². The predicted molar refractivity (Wildman–Crippen MR) is 104 cm³/mol. The van der Waals surface area contributed by atoms with Crippen LogP contribution in [0.5, 0.6) is 17.4 Å². The van der Waals surface area contributed by atoms with Crippen LogP contribution in [0.15, 0.2) is 24.4 Å². The van der Waals surface area contributed by atoms with Crippen LogP contribution in [-0.4, -0.2) is 42.8 Å². The van der Waals surface area contributed by atoms with Gasteiger partial charge in [0.2, 0.25) is 5.88 Å². The molecule has 2 heterocycles. The number of benzene rings is 1. The number of amides is 1. The molecule has 3 rings (SSSR count). The third kappa shape index (κ3) is 4.97. The zero-order chi connectivity index (χ0) is 22.1. The van der Waals surface area contributed by atoms with E-state index in [0.29, 0.717) is 18.6 Å². The summed E-state index contributed by atoms with van der Waals surface area (Å²) in [7, 11) is -4.10. The van der Waals surface area contributed by atoms with Gasteiger partial charge in [0, 0.05) is 25.2 Å². The zero-order valence-electron chi connectivity index (χ0n) is 16.0. The van der Waals surface area contributed by atoms with E-state index in [4.69, 9.17) is 21.1 Å². The molecule has 1 amide bonds. The van der Waals surface area contributed by atoms with Crippen molar-refractivity contribution in [2.45, 2.75) is 26.4 Å². The molecule has 1 fully saturated rings. The Hall–Kier alpha value is -2.50. The number of nitrogens with zero attached hydrogens (tertiary/aromatic N) is 2. The molecule has 8 nitrogen and oxygen atoms in total. The first-order valence-electron chi connectivity index (χ1n) is 8.88. The molecule has 1 aromatic carbocycles. The standard InChI is InChI=1S/C18H18ClF2N3O5S/c1-10(2)28-18-13(19)6-11(9-22-18)29-16-8-14(20)12(7-15(16)21)17(25)23-30(26,27)24-4-3-5-24/h6-10H,3-5H2,1-2H3,(H,23,25). The normalized spacial score (nSPS) is 14.3. The lowest BCUT2D eigenvalue weighted by Gasteiger charge is -2.29. The number of nitrogens with one attached hydrogen (secondary N) is 1.